The lowest BCUT2D eigenvalue weighted by molar-refractivity contribution is 0.163. The van der Waals surface area contributed by atoms with E-state index in [0.717, 1.165) is 5.65 Å². The molecule has 0 radical (unpaired) electrons. The molecule has 2 atom stereocenters. The summed E-state index contributed by atoms with van der Waals surface area (Å²) in [4.78, 5) is 5.50. The van der Waals surface area contributed by atoms with E-state index in [-0.39, 0.29) is 10.8 Å². The molecule has 33 heavy (non-hydrogen) atoms. The van der Waals surface area contributed by atoms with Gasteiger partial charge in [-0.3, -0.25) is 4.40 Å². The Morgan fingerprint density at radius 1 is 0.727 bits per heavy atom. The second-order valence-electron chi connectivity index (χ2n) is 10.8. The summed E-state index contributed by atoms with van der Waals surface area (Å²) in [5.41, 5.74) is 10.1. The molecule has 2 aliphatic carbocycles. The van der Waals surface area contributed by atoms with Crippen molar-refractivity contribution in [1.82, 2.24) is 9.38 Å². The van der Waals surface area contributed by atoms with Gasteiger partial charge in [0.2, 0.25) is 0 Å². The summed E-state index contributed by atoms with van der Waals surface area (Å²) < 4.78 is 2.64. The fraction of sp³-hybridized carbons (Fsp3) is 0.323. The molecule has 0 spiro atoms. The maximum absolute atomic E-state index is 5.50. The number of aromatic nitrogens is 2. The van der Waals surface area contributed by atoms with Gasteiger partial charge in [0.05, 0.1) is 16.9 Å². The topological polar surface area (TPSA) is 17.3 Å². The smallest absolute Gasteiger partial charge is 0.146 e. The third-order valence-electron chi connectivity index (χ3n) is 9.52. The number of benzene rings is 3. The second-order valence-corrected chi connectivity index (χ2v) is 10.8. The van der Waals surface area contributed by atoms with E-state index in [9.17, 15) is 0 Å². The van der Waals surface area contributed by atoms with E-state index in [1.807, 2.05) is 0 Å². The molecule has 1 aliphatic heterocycles. The van der Waals surface area contributed by atoms with Crippen LogP contribution in [-0.4, -0.2) is 9.38 Å². The van der Waals surface area contributed by atoms with Crippen molar-refractivity contribution in [1.29, 1.82) is 0 Å². The lowest BCUT2D eigenvalue weighted by Crippen LogP contribution is -2.50. The Morgan fingerprint density at radius 3 is 2.27 bits per heavy atom. The first-order valence-electron chi connectivity index (χ1n) is 12.7. The highest BCUT2D eigenvalue weighted by Crippen LogP contribution is 2.67. The Bertz CT molecular complexity index is 1610. The fourth-order valence-electron chi connectivity index (χ4n) is 8.35. The molecule has 3 aliphatic rings. The summed E-state index contributed by atoms with van der Waals surface area (Å²) in [6.07, 6.45) is 9.23. The normalized spacial score (nSPS) is 25.7. The van der Waals surface area contributed by atoms with E-state index in [0.29, 0.717) is 0 Å². The van der Waals surface area contributed by atoms with Crippen molar-refractivity contribution in [2.24, 2.45) is 0 Å². The predicted octanol–water partition coefficient (Wildman–Crippen LogP) is 7.86. The molecule has 0 saturated heterocycles. The van der Waals surface area contributed by atoms with Gasteiger partial charge >= 0.3 is 0 Å². The van der Waals surface area contributed by atoms with Crippen molar-refractivity contribution >= 4 is 27.3 Å². The maximum atomic E-state index is 5.50. The number of hydrogen-bond acceptors (Lipinski definition) is 1. The Kier molecular flexibility index (Phi) is 3.36. The molecule has 2 fully saturated rings. The average Bonchev–Trinajstić information content (AvgIpc) is 3.46. The van der Waals surface area contributed by atoms with Gasteiger partial charge in [-0.05, 0) is 49.1 Å². The van der Waals surface area contributed by atoms with Crippen molar-refractivity contribution in [3.63, 3.8) is 0 Å². The van der Waals surface area contributed by atoms with E-state index in [4.69, 9.17) is 4.98 Å². The van der Waals surface area contributed by atoms with Crippen LogP contribution >= 0.6 is 0 Å². The zero-order valence-corrected chi connectivity index (χ0v) is 19.2. The molecule has 0 bridgehead atoms. The van der Waals surface area contributed by atoms with Crippen LogP contribution in [0.5, 0.6) is 0 Å². The number of pyridine rings is 1. The predicted molar refractivity (Wildman–Crippen MR) is 136 cm³/mol. The molecule has 162 valence electrons. The van der Waals surface area contributed by atoms with Crippen LogP contribution < -0.4 is 0 Å². The molecule has 0 amide bonds. The van der Waals surface area contributed by atoms with Crippen LogP contribution in [0.2, 0.25) is 0 Å². The van der Waals surface area contributed by atoms with Crippen LogP contribution in [0.25, 0.3) is 38.6 Å². The third kappa shape index (κ3) is 1.97. The van der Waals surface area contributed by atoms with E-state index in [2.05, 4.69) is 78.1 Å². The summed E-state index contributed by atoms with van der Waals surface area (Å²) in [6.45, 7) is 2.29. The van der Waals surface area contributed by atoms with E-state index >= 15 is 0 Å². The van der Waals surface area contributed by atoms with Crippen molar-refractivity contribution in [3.8, 4) is 11.3 Å². The molecule has 2 heteroatoms. The van der Waals surface area contributed by atoms with Crippen molar-refractivity contribution in [3.05, 3.63) is 83.6 Å². The van der Waals surface area contributed by atoms with Crippen molar-refractivity contribution < 1.29 is 0 Å². The highest BCUT2D eigenvalue weighted by molar-refractivity contribution is 6.15. The Labute approximate surface area is 194 Å². The summed E-state index contributed by atoms with van der Waals surface area (Å²) in [6, 6.07) is 24.9. The number of imidazole rings is 1. The highest BCUT2D eigenvalue weighted by Gasteiger charge is 2.61. The minimum absolute atomic E-state index is 0.202. The van der Waals surface area contributed by atoms with Gasteiger partial charge in [0.1, 0.15) is 5.65 Å². The number of fused-ring (bicyclic) bond motifs is 3. The third-order valence-corrected chi connectivity index (χ3v) is 9.52. The molecule has 5 aromatic rings. The van der Waals surface area contributed by atoms with Crippen LogP contribution in [0.4, 0.5) is 0 Å². The molecule has 0 N–H and O–H groups in total. The van der Waals surface area contributed by atoms with Crippen LogP contribution in [0, 0.1) is 6.92 Å². The number of rotatable bonds is 1. The quantitative estimate of drug-likeness (QED) is 0.248. The molecule has 2 nitrogen and oxygen atoms in total. The first-order valence-corrected chi connectivity index (χ1v) is 12.7. The molecule has 2 aromatic heterocycles. The monoisotopic (exact) mass is 428 g/mol. The number of nitrogens with zero attached hydrogens (tertiary/aromatic N) is 2. The lowest BCUT2D eigenvalue weighted by atomic mass is 9.52. The summed E-state index contributed by atoms with van der Waals surface area (Å²) in [5.74, 6) is 0. The van der Waals surface area contributed by atoms with E-state index in [1.165, 1.54) is 89.1 Å². The Hall–Kier alpha value is -3.13. The minimum Gasteiger partial charge on any atom is -0.295 e. The molecular formula is C31H28N2. The first-order chi connectivity index (χ1) is 16.3. The zero-order chi connectivity index (χ0) is 21.8. The van der Waals surface area contributed by atoms with E-state index in [1.54, 1.807) is 5.56 Å². The van der Waals surface area contributed by atoms with Gasteiger partial charge in [-0.1, -0.05) is 86.0 Å². The van der Waals surface area contributed by atoms with Gasteiger partial charge in [0, 0.05) is 27.2 Å². The SMILES string of the molecule is Cc1ccc2c3c1c1ccccc1c1nc(-c4ccccc4)c(n13)C13CCCCC21CCC3. The molecule has 3 heterocycles. The van der Waals surface area contributed by atoms with E-state index < -0.39 is 0 Å². The van der Waals surface area contributed by atoms with Gasteiger partial charge in [-0.2, -0.15) is 0 Å². The molecule has 8 rings (SSSR count). The van der Waals surface area contributed by atoms with Gasteiger partial charge in [0.15, 0.2) is 0 Å². The Balaban J connectivity index is 1.70. The van der Waals surface area contributed by atoms with Gasteiger partial charge in [-0.15, -0.1) is 0 Å². The zero-order valence-electron chi connectivity index (χ0n) is 19.2. The lowest BCUT2D eigenvalue weighted by Gasteiger charge is -2.53. The average molecular weight is 429 g/mol. The van der Waals surface area contributed by atoms with Crippen LogP contribution in [-0.2, 0) is 10.8 Å². The fourth-order valence-corrected chi connectivity index (χ4v) is 8.35. The summed E-state index contributed by atoms with van der Waals surface area (Å²) >= 11 is 0. The van der Waals surface area contributed by atoms with Crippen molar-refractivity contribution in [2.75, 3.05) is 0 Å². The second kappa shape index (κ2) is 6.05. The molecule has 3 aromatic carbocycles. The number of hydrogen-bond donors (Lipinski definition) is 0. The first kappa shape index (κ1) is 18.3. The highest BCUT2D eigenvalue weighted by atomic mass is 15.1. The van der Waals surface area contributed by atoms with Gasteiger partial charge in [-0.25, -0.2) is 4.98 Å². The van der Waals surface area contributed by atoms with Crippen LogP contribution in [0.3, 0.4) is 0 Å². The van der Waals surface area contributed by atoms with Crippen molar-refractivity contribution in [2.45, 2.75) is 62.7 Å². The molecule has 2 unspecified atom stereocenters. The Morgan fingerprint density at radius 2 is 1.42 bits per heavy atom. The maximum Gasteiger partial charge on any atom is 0.146 e. The van der Waals surface area contributed by atoms with Crippen LogP contribution in [0.15, 0.2) is 66.7 Å². The summed E-state index contributed by atoms with van der Waals surface area (Å²) in [5, 5.41) is 4.08. The standard InChI is InChI=1S/C31H28N2/c1-20-14-15-24-27-25(20)22-12-5-6-13-23(22)29-32-26(21-10-3-2-4-11-21)28(33(27)29)31-17-8-7-16-30(24,31)18-9-19-31/h2-6,10-15H,7-9,16-19H2,1H3. The summed E-state index contributed by atoms with van der Waals surface area (Å²) in [7, 11) is 0. The van der Waals surface area contributed by atoms with Gasteiger partial charge in [0.25, 0.3) is 0 Å². The minimum atomic E-state index is 0.202. The molecule has 2 saturated carbocycles. The number of aryl methyl sites for hydroxylation is 1. The largest absolute Gasteiger partial charge is 0.295 e. The van der Waals surface area contributed by atoms with Crippen LogP contribution in [0.1, 0.15) is 61.8 Å². The molecular weight excluding hydrogens is 400 g/mol. The van der Waals surface area contributed by atoms with Gasteiger partial charge < -0.3 is 0 Å².